The van der Waals surface area contributed by atoms with Gasteiger partial charge in [-0.05, 0) is 6.42 Å². The minimum atomic E-state index is 0.549. The Morgan fingerprint density at radius 3 is 3.22 bits per heavy atom. The Kier molecular flexibility index (Phi) is 2.46. The Hall–Kier alpha value is -0.630. The summed E-state index contributed by atoms with van der Waals surface area (Å²) in [5.74, 6) is 0.549. The molecule has 1 rings (SSSR count). The third-order valence-electron chi connectivity index (χ3n) is 1.34. The molecular weight excluding hydrogens is 114 g/mol. The van der Waals surface area contributed by atoms with Crippen molar-refractivity contribution in [2.24, 2.45) is 10.9 Å². The van der Waals surface area contributed by atoms with E-state index in [1.807, 2.05) is 12.4 Å². The molecule has 0 radical (unpaired) electrons. The summed E-state index contributed by atoms with van der Waals surface area (Å²) in [5, 5.41) is 0. The zero-order chi connectivity index (χ0) is 6.53. The molecule has 1 atom stereocenters. The summed E-state index contributed by atoms with van der Waals surface area (Å²) in [6.07, 6.45) is 6.84. The molecule has 2 heteroatoms. The summed E-state index contributed by atoms with van der Waals surface area (Å²) < 4.78 is 4.97. The normalized spacial score (nSPS) is 24.8. The minimum Gasteiger partial charge on any atom is -0.384 e. The zero-order valence-corrected chi connectivity index (χ0v) is 5.58. The van der Waals surface area contributed by atoms with Crippen molar-refractivity contribution in [3.05, 3.63) is 12.3 Å². The number of aliphatic imine (C=N–C) groups is 1. The van der Waals surface area contributed by atoms with Crippen LogP contribution in [0.25, 0.3) is 0 Å². The quantitative estimate of drug-likeness (QED) is 0.544. The van der Waals surface area contributed by atoms with E-state index in [0.717, 1.165) is 13.0 Å². The molecule has 0 amide bonds. The Morgan fingerprint density at radius 2 is 2.67 bits per heavy atom. The minimum absolute atomic E-state index is 0.549. The van der Waals surface area contributed by atoms with Crippen LogP contribution in [-0.2, 0) is 4.74 Å². The predicted molar refractivity (Wildman–Crippen MR) is 37.6 cm³/mol. The van der Waals surface area contributed by atoms with Crippen LogP contribution in [0, 0.1) is 5.92 Å². The van der Waals surface area contributed by atoms with Gasteiger partial charge in [0.25, 0.3) is 0 Å². The highest BCUT2D eigenvalue weighted by Gasteiger charge is 2.03. The number of hydrogen-bond acceptors (Lipinski definition) is 2. The highest BCUT2D eigenvalue weighted by molar-refractivity contribution is 5.60. The van der Waals surface area contributed by atoms with Crippen LogP contribution in [0.5, 0.6) is 0 Å². The van der Waals surface area contributed by atoms with E-state index in [2.05, 4.69) is 11.1 Å². The molecule has 0 saturated heterocycles. The van der Waals surface area contributed by atoms with Crippen molar-refractivity contribution >= 4 is 6.21 Å². The van der Waals surface area contributed by atoms with Crippen LogP contribution in [-0.4, -0.2) is 19.9 Å². The van der Waals surface area contributed by atoms with Crippen molar-refractivity contribution in [1.82, 2.24) is 0 Å². The Morgan fingerprint density at radius 1 is 1.78 bits per heavy atom. The molecule has 0 aromatic rings. The molecule has 50 valence electrons. The lowest BCUT2D eigenvalue weighted by molar-refractivity contribution is 0.172. The van der Waals surface area contributed by atoms with Gasteiger partial charge in [0, 0.05) is 25.4 Å². The average Bonchev–Trinajstić information content (AvgIpc) is 1.91. The second-order valence-corrected chi connectivity index (χ2v) is 2.12. The van der Waals surface area contributed by atoms with Gasteiger partial charge >= 0.3 is 0 Å². The van der Waals surface area contributed by atoms with Crippen molar-refractivity contribution in [3.8, 4) is 0 Å². The van der Waals surface area contributed by atoms with E-state index < -0.39 is 0 Å². The Bertz CT molecular complexity index is 129. The smallest absolute Gasteiger partial charge is 0.0529 e. The molecule has 1 aliphatic rings. The molecule has 0 spiro atoms. The van der Waals surface area contributed by atoms with Gasteiger partial charge in [0.05, 0.1) is 6.61 Å². The van der Waals surface area contributed by atoms with E-state index >= 15 is 0 Å². The van der Waals surface area contributed by atoms with Gasteiger partial charge < -0.3 is 4.74 Å². The van der Waals surface area contributed by atoms with E-state index in [9.17, 15) is 0 Å². The number of ether oxygens (including phenoxy) is 1. The van der Waals surface area contributed by atoms with E-state index in [0.29, 0.717) is 5.92 Å². The standard InChI is InChI=1S/C7H11NO/c1-9-6-7-2-4-8-5-3-7/h2,4-5,7H,3,6H2,1H3. The first-order chi connectivity index (χ1) is 4.43. The van der Waals surface area contributed by atoms with Gasteiger partial charge in [-0.15, -0.1) is 0 Å². The van der Waals surface area contributed by atoms with E-state index in [-0.39, 0.29) is 0 Å². The van der Waals surface area contributed by atoms with Crippen LogP contribution in [0.3, 0.4) is 0 Å². The Balaban J connectivity index is 2.28. The molecule has 1 unspecified atom stereocenters. The first-order valence-electron chi connectivity index (χ1n) is 3.10. The molecular formula is C7H11NO. The molecule has 9 heavy (non-hydrogen) atoms. The molecule has 0 aromatic heterocycles. The van der Waals surface area contributed by atoms with Gasteiger partial charge in [-0.25, -0.2) is 0 Å². The maximum atomic E-state index is 4.97. The summed E-state index contributed by atoms with van der Waals surface area (Å²) in [6, 6.07) is 0. The van der Waals surface area contributed by atoms with Crippen LogP contribution in [0.1, 0.15) is 6.42 Å². The molecule has 0 bridgehead atoms. The van der Waals surface area contributed by atoms with Crippen molar-refractivity contribution in [3.63, 3.8) is 0 Å². The maximum Gasteiger partial charge on any atom is 0.0529 e. The van der Waals surface area contributed by atoms with Gasteiger partial charge in [0.15, 0.2) is 0 Å². The van der Waals surface area contributed by atoms with Gasteiger partial charge in [-0.3, -0.25) is 4.99 Å². The second kappa shape index (κ2) is 3.41. The lowest BCUT2D eigenvalue weighted by atomic mass is 10.1. The molecule has 2 nitrogen and oxygen atoms in total. The number of nitrogens with zero attached hydrogens (tertiary/aromatic N) is 1. The lowest BCUT2D eigenvalue weighted by Gasteiger charge is -2.09. The fourth-order valence-electron chi connectivity index (χ4n) is 0.845. The Labute approximate surface area is 55.2 Å². The summed E-state index contributed by atoms with van der Waals surface area (Å²) in [4.78, 5) is 3.95. The summed E-state index contributed by atoms with van der Waals surface area (Å²) in [6.45, 7) is 0.808. The molecule has 1 heterocycles. The maximum absolute atomic E-state index is 4.97. The lowest BCUT2D eigenvalue weighted by Crippen LogP contribution is -2.07. The van der Waals surface area contributed by atoms with Gasteiger partial charge in [0.2, 0.25) is 0 Å². The zero-order valence-electron chi connectivity index (χ0n) is 5.58. The van der Waals surface area contributed by atoms with E-state index in [4.69, 9.17) is 4.74 Å². The van der Waals surface area contributed by atoms with E-state index in [1.165, 1.54) is 0 Å². The van der Waals surface area contributed by atoms with Crippen LogP contribution < -0.4 is 0 Å². The van der Waals surface area contributed by atoms with E-state index in [1.54, 1.807) is 7.11 Å². The van der Waals surface area contributed by atoms with Gasteiger partial charge in [-0.1, -0.05) is 6.08 Å². The molecule has 0 N–H and O–H groups in total. The van der Waals surface area contributed by atoms with Gasteiger partial charge in [-0.2, -0.15) is 0 Å². The van der Waals surface area contributed by atoms with Crippen molar-refractivity contribution in [1.29, 1.82) is 0 Å². The summed E-state index contributed by atoms with van der Waals surface area (Å²) >= 11 is 0. The molecule has 0 aliphatic carbocycles. The van der Waals surface area contributed by atoms with Crippen LogP contribution >= 0.6 is 0 Å². The molecule has 0 saturated carbocycles. The number of hydrogen-bond donors (Lipinski definition) is 0. The van der Waals surface area contributed by atoms with Crippen molar-refractivity contribution in [2.45, 2.75) is 6.42 Å². The molecule has 0 aromatic carbocycles. The first-order valence-corrected chi connectivity index (χ1v) is 3.10. The molecule has 0 fully saturated rings. The topological polar surface area (TPSA) is 21.6 Å². The average molecular weight is 125 g/mol. The monoisotopic (exact) mass is 125 g/mol. The largest absolute Gasteiger partial charge is 0.384 e. The predicted octanol–water partition coefficient (Wildman–Crippen LogP) is 1.24. The SMILES string of the molecule is COCC1C=CN=CC1. The van der Waals surface area contributed by atoms with Crippen LogP contribution in [0.15, 0.2) is 17.3 Å². The van der Waals surface area contributed by atoms with Crippen LogP contribution in [0.2, 0.25) is 0 Å². The first kappa shape index (κ1) is 6.49. The van der Waals surface area contributed by atoms with Crippen molar-refractivity contribution < 1.29 is 4.74 Å². The summed E-state index contributed by atoms with van der Waals surface area (Å²) in [5.41, 5.74) is 0. The second-order valence-electron chi connectivity index (χ2n) is 2.12. The fraction of sp³-hybridized carbons (Fsp3) is 0.571. The van der Waals surface area contributed by atoms with Crippen molar-refractivity contribution in [2.75, 3.05) is 13.7 Å². The number of methoxy groups -OCH3 is 1. The third-order valence-corrected chi connectivity index (χ3v) is 1.34. The van der Waals surface area contributed by atoms with Crippen LogP contribution in [0.4, 0.5) is 0 Å². The fourth-order valence-corrected chi connectivity index (χ4v) is 0.845. The number of rotatable bonds is 2. The highest BCUT2D eigenvalue weighted by Crippen LogP contribution is 2.07. The third kappa shape index (κ3) is 1.98. The highest BCUT2D eigenvalue weighted by atomic mass is 16.5. The molecule has 1 aliphatic heterocycles. The van der Waals surface area contributed by atoms with Gasteiger partial charge in [0.1, 0.15) is 0 Å². The summed E-state index contributed by atoms with van der Waals surface area (Å²) in [7, 11) is 1.72.